The molecule has 24 heavy (non-hydrogen) atoms. The van der Waals surface area contributed by atoms with Gasteiger partial charge in [-0.2, -0.15) is 5.26 Å². The molecule has 3 N–H and O–H groups in total. The largest absolute Gasteiger partial charge is 0.495 e. The Morgan fingerprint density at radius 3 is 2.54 bits per heavy atom. The number of aliphatic carboxylic acids is 1. The molecule has 1 aromatic carbocycles. The normalized spacial score (nSPS) is 10.5. The Morgan fingerprint density at radius 1 is 1.33 bits per heavy atom. The molecule has 1 aromatic rings. The lowest BCUT2D eigenvalue weighted by atomic mass is 10.2. The van der Waals surface area contributed by atoms with Crippen molar-refractivity contribution in [2.45, 2.75) is 6.42 Å². The second-order valence-corrected chi connectivity index (χ2v) is 4.81. The molecule has 0 saturated heterocycles. The maximum absolute atomic E-state index is 11.8. The van der Waals surface area contributed by atoms with Crippen LogP contribution in [0.2, 0.25) is 5.02 Å². The summed E-state index contributed by atoms with van der Waals surface area (Å²) in [7, 11) is 2.89. The number of hydrogen-bond donors (Lipinski definition) is 3. The smallest absolute Gasteiger partial charge is 0.305 e. The molecule has 128 valence electrons. The predicted molar refractivity (Wildman–Crippen MR) is 87.1 cm³/mol. The van der Waals surface area contributed by atoms with E-state index < -0.39 is 11.9 Å². The monoisotopic (exact) mass is 353 g/mol. The topological polar surface area (TPSA) is 121 Å². The molecule has 0 aliphatic carbocycles. The molecule has 1 rings (SSSR count). The van der Waals surface area contributed by atoms with Crippen LogP contribution in [0.15, 0.2) is 23.9 Å². The number of carbonyl (C=O) groups excluding carboxylic acids is 1. The van der Waals surface area contributed by atoms with Gasteiger partial charge in [0.25, 0.3) is 5.91 Å². The Balaban J connectivity index is 2.90. The Morgan fingerprint density at radius 2 is 2.00 bits per heavy atom. The lowest BCUT2D eigenvalue weighted by Crippen LogP contribution is -2.27. The van der Waals surface area contributed by atoms with Crippen molar-refractivity contribution in [1.82, 2.24) is 5.32 Å². The molecule has 8 nitrogen and oxygen atoms in total. The second-order valence-electron chi connectivity index (χ2n) is 4.40. The Kier molecular flexibility index (Phi) is 7.39. The van der Waals surface area contributed by atoms with Crippen molar-refractivity contribution < 1.29 is 24.2 Å². The van der Waals surface area contributed by atoms with Crippen molar-refractivity contribution in [1.29, 1.82) is 5.26 Å². The average Bonchev–Trinajstić information content (AvgIpc) is 2.55. The number of nitrogens with zero attached hydrogens (tertiary/aromatic N) is 1. The van der Waals surface area contributed by atoms with E-state index in [1.807, 2.05) is 0 Å². The highest BCUT2D eigenvalue weighted by atomic mass is 35.5. The number of hydrogen-bond acceptors (Lipinski definition) is 6. The maximum atomic E-state index is 11.8. The van der Waals surface area contributed by atoms with Crippen LogP contribution < -0.4 is 20.1 Å². The first-order valence-electron chi connectivity index (χ1n) is 6.71. The summed E-state index contributed by atoms with van der Waals surface area (Å²) in [5, 5.41) is 23.0. The van der Waals surface area contributed by atoms with Gasteiger partial charge in [0.2, 0.25) is 0 Å². The Labute approximate surface area is 143 Å². The number of carbonyl (C=O) groups is 2. The minimum atomic E-state index is -1.05. The van der Waals surface area contributed by atoms with E-state index in [0.29, 0.717) is 22.2 Å². The fraction of sp³-hybridized carbons (Fsp3) is 0.267. The lowest BCUT2D eigenvalue weighted by molar-refractivity contribution is -0.136. The summed E-state index contributed by atoms with van der Waals surface area (Å²) < 4.78 is 10.3. The zero-order valence-corrected chi connectivity index (χ0v) is 13.8. The number of benzene rings is 1. The van der Waals surface area contributed by atoms with Crippen LogP contribution in [0.1, 0.15) is 6.42 Å². The maximum Gasteiger partial charge on any atom is 0.305 e. The van der Waals surface area contributed by atoms with Gasteiger partial charge in [0.05, 0.1) is 31.4 Å². The van der Waals surface area contributed by atoms with E-state index in [0.717, 1.165) is 0 Å². The third kappa shape index (κ3) is 5.37. The van der Waals surface area contributed by atoms with Crippen LogP contribution >= 0.6 is 11.6 Å². The minimum absolute atomic E-state index is 0.0781. The Hall–Kier alpha value is -2.92. The predicted octanol–water partition coefficient (Wildman–Crippen LogP) is 1.77. The quantitative estimate of drug-likeness (QED) is 0.481. The number of nitriles is 1. The molecule has 0 atom stereocenters. The standard InChI is InChI=1S/C15H16ClN3O5/c1-23-12-6-11(13(24-2)5-10(12)16)19-8-9(7-17)15(22)18-4-3-14(20)21/h5-6,8,19H,3-4H2,1-2H3,(H,18,22)(H,20,21)/b9-8-. The molecule has 0 unspecified atom stereocenters. The highest BCUT2D eigenvalue weighted by molar-refractivity contribution is 6.32. The minimum Gasteiger partial charge on any atom is -0.495 e. The number of rotatable bonds is 8. The van der Waals surface area contributed by atoms with Gasteiger partial charge in [-0.05, 0) is 0 Å². The van der Waals surface area contributed by atoms with Gasteiger partial charge in [0, 0.05) is 24.9 Å². The van der Waals surface area contributed by atoms with E-state index in [1.165, 1.54) is 26.5 Å². The van der Waals surface area contributed by atoms with Gasteiger partial charge in [0.15, 0.2) is 0 Å². The summed E-state index contributed by atoms with van der Waals surface area (Å²) in [5.74, 6) is -0.960. The zero-order chi connectivity index (χ0) is 18.1. The average molecular weight is 354 g/mol. The van der Waals surface area contributed by atoms with Crippen molar-refractivity contribution in [2.75, 3.05) is 26.1 Å². The highest BCUT2D eigenvalue weighted by Gasteiger charge is 2.12. The van der Waals surface area contributed by atoms with E-state index in [9.17, 15) is 9.59 Å². The van der Waals surface area contributed by atoms with E-state index in [1.54, 1.807) is 12.1 Å². The second kappa shape index (κ2) is 9.27. The van der Waals surface area contributed by atoms with Crippen LogP contribution in [-0.2, 0) is 9.59 Å². The van der Waals surface area contributed by atoms with E-state index in [-0.39, 0.29) is 18.5 Å². The fourth-order valence-corrected chi connectivity index (χ4v) is 1.88. The van der Waals surface area contributed by atoms with Crippen LogP contribution in [0, 0.1) is 11.3 Å². The first-order valence-corrected chi connectivity index (χ1v) is 7.09. The third-order valence-electron chi connectivity index (χ3n) is 2.84. The van der Waals surface area contributed by atoms with Crippen LogP contribution in [0.4, 0.5) is 5.69 Å². The van der Waals surface area contributed by atoms with Gasteiger partial charge >= 0.3 is 5.97 Å². The van der Waals surface area contributed by atoms with Crippen molar-refractivity contribution in [3.05, 3.63) is 28.9 Å². The van der Waals surface area contributed by atoms with Crippen LogP contribution in [0.25, 0.3) is 0 Å². The summed E-state index contributed by atoms with van der Waals surface area (Å²) in [6, 6.07) is 4.80. The van der Waals surface area contributed by atoms with E-state index in [2.05, 4.69) is 10.6 Å². The summed E-state index contributed by atoms with van der Waals surface area (Å²) in [5.41, 5.74) is 0.209. The molecule has 9 heteroatoms. The van der Waals surface area contributed by atoms with Crippen molar-refractivity contribution in [3.63, 3.8) is 0 Å². The number of nitrogens with one attached hydrogen (secondary N) is 2. The van der Waals surface area contributed by atoms with Gasteiger partial charge in [-0.3, -0.25) is 9.59 Å². The molecule has 0 heterocycles. The summed E-state index contributed by atoms with van der Waals surface area (Å²) in [6.07, 6.45) is 0.946. The van der Waals surface area contributed by atoms with Gasteiger partial charge in [0.1, 0.15) is 23.1 Å². The number of methoxy groups -OCH3 is 2. The lowest BCUT2D eigenvalue weighted by Gasteiger charge is -2.12. The zero-order valence-electron chi connectivity index (χ0n) is 13.1. The molecular formula is C15H16ClN3O5. The first-order chi connectivity index (χ1) is 11.4. The third-order valence-corrected chi connectivity index (χ3v) is 3.13. The molecule has 0 saturated carbocycles. The molecule has 0 radical (unpaired) electrons. The highest BCUT2D eigenvalue weighted by Crippen LogP contribution is 2.35. The van der Waals surface area contributed by atoms with Gasteiger partial charge in [-0.1, -0.05) is 11.6 Å². The molecule has 0 spiro atoms. The van der Waals surface area contributed by atoms with Crippen LogP contribution in [-0.4, -0.2) is 37.7 Å². The molecule has 0 bridgehead atoms. The molecule has 1 amide bonds. The van der Waals surface area contributed by atoms with E-state index >= 15 is 0 Å². The van der Waals surface area contributed by atoms with Crippen molar-refractivity contribution in [3.8, 4) is 17.6 Å². The van der Waals surface area contributed by atoms with Gasteiger partial charge in [-0.15, -0.1) is 0 Å². The summed E-state index contributed by atoms with van der Waals surface area (Å²) in [4.78, 5) is 22.2. The van der Waals surface area contributed by atoms with Crippen molar-refractivity contribution in [2.24, 2.45) is 0 Å². The molecule has 0 aliphatic rings. The number of anilines is 1. The fourth-order valence-electron chi connectivity index (χ4n) is 1.65. The molecule has 0 aromatic heterocycles. The van der Waals surface area contributed by atoms with E-state index in [4.69, 9.17) is 31.4 Å². The molecule has 0 fully saturated rings. The number of ether oxygens (including phenoxy) is 2. The van der Waals surface area contributed by atoms with Crippen LogP contribution in [0.3, 0.4) is 0 Å². The van der Waals surface area contributed by atoms with Gasteiger partial charge < -0.3 is 25.2 Å². The summed E-state index contributed by atoms with van der Waals surface area (Å²) >= 11 is 5.99. The van der Waals surface area contributed by atoms with Gasteiger partial charge in [-0.25, -0.2) is 0 Å². The Bertz CT molecular complexity index is 697. The SMILES string of the molecule is COc1cc(N/C=C(/C#N)C(=O)NCCC(=O)O)c(OC)cc1Cl. The number of amides is 1. The molecular weight excluding hydrogens is 338 g/mol. The number of carboxylic acid groups (broad SMARTS) is 1. The first kappa shape index (κ1) is 19.1. The van der Waals surface area contributed by atoms with Crippen molar-refractivity contribution >= 4 is 29.2 Å². The van der Waals surface area contributed by atoms with Crippen LogP contribution in [0.5, 0.6) is 11.5 Å². The molecule has 0 aliphatic heterocycles. The number of halogens is 1. The number of carboxylic acids is 1. The summed E-state index contributed by atoms with van der Waals surface area (Å²) in [6.45, 7) is -0.0781.